The smallest absolute Gasteiger partial charge is 0.340 e. The number of anilines is 1. The van der Waals surface area contributed by atoms with Crippen LogP contribution in [0.25, 0.3) is 5.52 Å². The highest BCUT2D eigenvalue weighted by Gasteiger charge is 2.25. The number of sulfonamides is 1. The van der Waals surface area contributed by atoms with Crippen LogP contribution in [0.15, 0.2) is 53.7 Å². The summed E-state index contributed by atoms with van der Waals surface area (Å²) in [4.78, 5) is 15.3. The molecule has 1 aliphatic heterocycles. The normalized spacial score (nSPS) is 14.4. The molecule has 0 saturated carbocycles. The van der Waals surface area contributed by atoms with Crippen molar-refractivity contribution in [2.45, 2.75) is 30.8 Å². The summed E-state index contributed by atoms with van der Waals surface area (Å²) in [6.07, 6.45) is 6.73. The van der Waals surface area contributed by atoms with Crippen molar-refractivity contribution in [3.8, 4) is 6.07 Å². The molecule has 1 saturated heterocycles. The van der Waals surface area contributed by atoms with Gasteiger partial charge < -0.3 is 14.0 Å². The molecule has 0 aliphatic carbocycles. The third-order valence-electron chi connectivity index (χ3n) is 5.90. The number of hydrogen-bond acceptors (Lipinski definition) is 6. The minimum absolute atomic E-state index is 0.0347. The number of pyridine rings is 1. The summed E-state index contributed by atoms with van der Waals surface area (Å²) in [5.41, 5.74) is 2.65. The molecule has 4 rings (SSSR count). The van der Waals surface area contributed by atoms with Gasteiger partial charge in [-0.1, -0.05) is 6.07 Å². The van der Waals surface area contributed by atoms with Gasteiger partial charge in [0.2, 0.25) is 10.0 Å². The maximum atomic E-state index is 13.2. The van der Waals surface area contributed by atoms with Crippen molar-refractivity contribution >= 4 is 27.2 Å². The summed E-state index contributed by atoms with van der Waals surface area (Å²) in [6, 6.07) is 12.3. The molecule has 3 heterocycles. The zero-order chi connectivity index (χ0) is 23.6. The van der Waals surface area contributed by atoms with Gasteiger partial charge in [0, 0.05) is 45.1 Å². The zero-order valence-electron chi connectivity index (χ0n) is 18.7. The van der Waals surface area contributed by atoms with Crippen LogP contribution >= 0.6 is 0 Å². The van der Waals surface area contributed by atoms with E-state index in [0.717, 1.165) is 42.2 Å². The zero-order valence-corrected chi connectivity index (χ0v) is 19.5. The van der Waals surface area contributed by atoms with Gasteiger partial charge in [0.1, 0.15) is 12.7 Å². The molecule has 1 aromatic carbocycles. The highest BCUT2D eigenvalue weighted by atomic mass is 32.2. The second-order valence-electron chi connectivity index (χ2n) is 8.22. The van der Waals surface area contributed by atoms with Crippen LogP contribution in [0.5, 0.6) is 0 Å². The fourth-order valence-corrected chi connectivity index (χ4v) is 5.03. The molecule has 0 atom stereocenters. The number of nitrogens with zero attached hydrogens (tertiary/aromatic N) is 4. The van der Waals surface area contributed by atoms with Crippen LogP contribution < -0.4 is 4.90 Å². The second kappa shape index (κ2) is 9.25. The molecule has 0 unspecified atom stereocenters. The SMILES string of the molecule is CN(C)S(=O)(=O)c1ccc(N2CCCCC2)c(C(=O)OCc2cn3ccccc3c2C#N)c1. The van der Waals surface area contributed by atoms with E-state index in [9.17, 15) is 18.5 Å². The summed E-state index contributed by atoms with van der Waals surface area (Å²) in [5, 5.41) is 9.60. The van der Waals surface area contributed by atoms with Gasteiger partial charge in [-0.2, -0.15) is 5.26 Å². The molecule has 0 bridgehead atoms. The van der Waals surface area contributed by atoms with E-state index in [4.69, 9.17) is 4.74 Å². The lowest BCUT2D eigenvalue weighted by molar-refractivity contribution is 0.0473. The molecule has 0 N–H and O–H groups in total. The molecular weight excluding hydrogens is 440 g/mol. The average molecular weight is 467 g/mol. The van der Waals surface area contributed by atoms with E-state index in [2.05, 4.69) is 11.0 Å². The Morgan fingerprint density at radius 2 is 1.91 bits per heavy atom. The number of piperidine rings is 1. The number of fused-ring (bicyclic) bond motifs is 1. The monoisotopic (exact) mass is 466 g/mol. The summed E-state index contributed by atoms with van der Waals surface area (Å²) < 4.78 is 33.9. The molecule has 9 heteroatoms. The Morgan fingerprint density at radius 3 is 2.61 bits per heavy atom. The molecule has 1 fully saturated rings. The van der Waals surface area contributed by atoms with Crippen LogP contribution in [0.1, 0.15) is 40.7 Å². The Hall–Kier alpha value is -3.35. The van der Waals surface area contributed by atoms with Gasteiger partial charge in [-0.15, -0.1) is 0 Å². The van der Waals surface area contributed by atoms with E-state index >= 15 is 0 Å². The average Bonchev–Trinajstić information content (AvgIpc) is 3.20. The maximum Gasteiger partial charge on any atom is 0.340 e. The fraction of sp³-hybridized carbons (Fsp3) is 0.333. The molecule has 3 aromatic rings. The Balaban J connectivity index is 1.67. The van der Waals surface area contributed by atoms with E-state index in [1.807, 2.05) is 28.8 Å². The minimum atomic E-state index is -3.71. The van der Waals surface area contributed by atoms with Crippen molar-refractivity contribution in [2.75, 3.05) is 32.1 Å². The molecular formula is C24H26N4O4S. The van der Waals surface area contributed by atoms with Crippen LogP contribution in [0.3, 0.4) is 0 Å². The van der Waals surface area contributed by atoms with Gasteiger partial charge >= 0.3 is 5.97 Å². The van der Waals surface area contributed by atoms with Gasteiger partial charge in [-0.25, -0.2) is 17.5 Å². The number of benzene rings is 1. The molecule has 0 amide bonds. The number of ether oxygens (including phenoxy) is 1. The van der Waals surface area contributed by atoms with Crippen molar-refractivity contribution in [2.24, 2.45) is 0 Å². The van der Waals surface area contributed by atoms with Crippen LogP contribution in [-0.4, -0.2) is 50.3 Å². The standard InChI is InChI=1S/C24H26N4O4S/c1-26(2)33(30,31)19-9-10-23(27-11-5-3-6-12-27)20(14-19)24(29)32-17-18-16-28-13-7-4-8-22(28)21(18)15-25/h4,7-10,13-14,16H,3,5-6,11-12,17H2,1-2H3. The summed E-state index contributed by atoms with van der Waals surface area (Å²) >= 11 is 0. The molecule has 172 valence electrons. The number of carbonyl (C=O) groups is 1. The van der Waals surface area contributed by atoms with E-state index < -0.39 is 16.0 Å². The fourth-order valence-electron chi connectivity index (χ4n) is 4.10. The quantitative estimate of drug-likeness (QED) is 0.517. The van der Waals surface area contributed by atoms with E-state index in [0.29, 0.717) is 16.8 Å². The molecule has 8 nitrogen and oxygen atoms in total. The Morgan fingerprint density at radius 1 is 1.15 bits per heavy atom. The Kier molecular flexibility index (Phi) is 6.40. The number of hydrogen-bond donors (Lipinski definition) is 0. The highest BCUT2D eigenvalue weighted by Crippen LogP contribution is 2.29. The second-order valence-corrected chi connectivity index (χ2v) is 10.4. The van der Waals surface area contributed by atoms with Crippen LogP contribution in [0.4, 0.5) is 5.69 Å². The first-order valence-corrected chi connectivity index (χ1v) is 12.2. The minimum Gasteiger partial charge on any atom is -0.457 e. The van der Waals surface area contributed by atoms with Gasteiger partial charge in [-0.3, -0.25) is 0 Å². The van der Waals surface area contributed by atoms with E-state index in [1.54, 1.807) is 12.3 Å². The van der Waals surface area contributed by atoms with E-state index in [1.165, 1.54) is 26.2 Å². The third-order valence-corrected chi connectivity index (χ3v) is 7.71. The molecule has 0 spiro atoms. The molecule has 2 aromatic heterocycles. The first-order valence-electron chi connectivity index (χ1n) is 10.8. The van der Waals surface area contributed by atoms with Gasteiger partial charge in [-0.05, 0) is 49.6 Å². The summed E-state index contributed by atoms with van der Waals surface area (Å²) in [7, 11) is -0.812. The van der Waals surface area contributed by atoms with Crippen LogP contribution in [-0.2, 0) is 21.4 Å². The van der Waals surface area contributed by atoms with Crippen molar-refractivity contribution in [1.82, 2.24) is 8.71 Å². The van der Waals surface area contributed by atoms with Gasteiger partial charge in [0.05, 0.1) is 27.2 Å². The topological polar surface area (TPSA) is 95.1 Å². The summed E-state index contributed by atoms with van der Waals surface area (Å²) in [6.45, 7) is 1.50. The molecule has 1 aliphatic rings. The Labute approximate surface area is 193 Å². The third kappa shape index (κ3) is 4.45. The number of esters is 1. The lowest BCUT2D eigenvalue weighted by Gasteiger charge is -2.30. The predicted octanol–water partition coefficient (Wildman–Crippen LogP) is 3.41. The Bertz CT molecular complexity index is 1330. The number of rotatable bonds is 6. The predicted molar refractivity (Wildman–Crippen MR) is 125 cm³/mol. The van der Waals surface area contributed by atoms with E-state index in [-0.39, 0.29) is 17.1 Å². The number of nitriles is 1. The lowest BCUT2D eigenvalue weighted by Crippen LogP contribution is -2.31. The van der Waals surface area contributed by atoms with Gasteiger partial charge in [0.15, 0.2) is 0 Å². The summed E-state index contributed by atoms with van der Waals surface area (Å²) in [5.74, 6) is -0.620. The first-order chi connectivity index (χ1) is 15.8. The van der Waals surface area contributed by atoms with Crippen LogP contribution in [0.2, 0.25) is 0 Å². The largest absolute Gasteiger partial charge is 0.457 e. The van der Waals surface area contributed by atoms with Crippen molar-refractivity contribution < 1.29 is 17.9 Å². The number of aromatic nitrogens is 1. The van der Waals surface area contributed by atoms with Crippen LogP contribution in [0, 0.1) is 11.3 Å². The lowest BCUT2D eigenvalue weighted by atomic mass is 10.1. The molecule has 33 heavy (non-hydrogen) atoms. The molecule has 0 radical (unpaired) electrons. The first kappa shape index (κ1) is 22.8. The highest BCUT2D eigenvalue weighted by molar-refractivity contribution is 7.89. The number of carbonyl (C=O) groups excluding carboxylic acids is 1. The van der Waals surface area contributed by atoms with Crippen molar-refractivity contribution in [1.29, 1.82) is 5.26 Å². The maximum absolute atomic E-state index is 13.2. The van der Waals surface area contributed by atoms with Crippen molar-refractivity contribution in [3.63, 3.8) is 0 Å². The van der Waals surface area contributed by atoms with Crippen molar-refractivity contribution in [3.05, 3.63) is 65.5 Å². The van der Waals surface area contributed by atoms with Gasteiger partial charge in [0.25, 0.3) is 0 Å².